The number of nitrogens with one attached hydrogen (secondary N) is 2. The molecule has 4 heterocycles. The van der Waals surface area contributed by atoms with Crippen LogP contribution >= 0.6 is 11.3 Å². The second-order valence-corrected chi connectivity index (χ2v) is 11.9. The lowest BCUT2D eigenvalue weighted by Gasteiger charge is -2.52. The topological polar surface area (TPSA) is 109 Å². The fourth-order valence-corrected chi connectivity index (χ4v) is 6.84. The molecule has 0 bridgehead atoms. The molecule has 38 heavy (non-hydrogen) atoms. The lowest BCUT2D eigenvalue weighted by atomic mass is 9.68. The SMILES string of the molecule is O=C1CCC(n2cc(-c3csc(CNC(=O)c4ccc(CN5CC6(CCCCC6)C5)cc4)c3)nn2)C(=O)N1. The predicted molar refractivity (Wildman–Crippen MR) is 143 cm³/mol. The number of likely N-dealkylation sites (tertiary alicyclic amines) is 1. The molecule has 2 N–H and O–H groups in total. The third kappa shape index (κ3) is 5.28. The van der Waals surface area contributed by atoms with Crippen molar-refractivity contribution in [2.24, 2.45) is 5.41 Å². The van der Waals surface area contributed by atoms with Crippen molar-refractivity contribution in [1.29, 1.82) is 0 Å². The number of rotatable bonds is 7. The van der Waals surface area contributed by atoms with Crippen LogP contribution in [0.2, 0.25) is 0 Å². The van der Waals surface area contributed by atoms with Gasteiger partial charge in [-0.2, -0.15) is 0 Å². The smallest absolute Gasteiger partial charge is 0.251 e. The van der Waals surface area contributed by atoms with Gasteiger partial charge in [0, 0.05) is 47.4 Å². The number of amides is 3. The minimum absolute atomic E-state index is 0.0968. The van der Waals surface area contributed by atoms with Crippen LogP contribution in [-0.2, 0) is 22.7 Å². The first-order chi connectivity index (χ1) is 18.5. The lowest BCUT2D eigenvalue weighted by molar-refractivity contribution is -0.136. The van der Waals surface area contributed by atoms with Gasteiger partial charge >= 0.3 is 0 Å². The Labute approximate surface area is 225 Å². The molecule has 9 nitrogen and oxygen atoms in total. The van der Waals surface area contributed by atoms with Crippen molar-refractivity contribution in [2.45, 2.75) is 64.1 Å². The zero-order chi connectivity index (χ0) is 26.1. The van der Waals surface area contributed by atoms with Gasteiger partial charge in [-0.3, -0.25) is 24.6 Å². The zero-order valence-electron chi connectivity index (χ0n) is 21.3. The summed E-state index contributed by atoms with van der Waals surface area (Å²) in [6.45, 7) is 3.80. The fraction of sp³-hybridized carbons (Fsp3) is 0.464. The maximum absolute atomic E-state index is 12.7. The van der Waals surface area contributed by atoms with E-state index < -0.39 is 6.04 Å². The summed E-state index contributed by atoms with van der Waals surface area (Å²) in [5.74, 6) is -0.709. The van der Waals surface area contributed by atoms with Gasteiger partial charge in [-0.25, -0.2) is 4.68 Å². The molecule has 3 amide bonds. The van der Waals surface area contributed by atoms with Crippen LogP contribution in [0.25, 0.3) is 11.3 Å². The highest BCUT2D eigenvalue weighted by molar-refractivity contribution is 7.10. The van der Waals surface area contributed by atoms with E-state index in [9.17, 15) is 14.4 Å². The molecule has 198 valence electrons. The molecule has 1 spiro atoms. The van der Waals surface area contributed by atoms with E-state index in [1.165, 1.54) is 66.8 Å². The summed E-state index contributed by atoms with van der Waals surface area (Å²) in [5.41, 5.74) is 4.02. The Morgan fingerprint density at radius 1 is 1.13 bits per heavy atom. The highest BCUT2D eigenvalue weighted by atomic mass is 32.1. The Kier molecular flexibility index (Phi) is 6.84. The van der Waals surface area contributed by atoms with Gasteiger partial charge in [-0.15, -0.1) is 16.4 Å². The monoisotopic (exact) mass is 532 g/mol. The molecule has 3 fully saturated rings. The Bertz CT molecular complexity index is 1330. The van der Waals surface area contributed by atoms with Crippen molar-refractivity contribution in [3.8, 4) is 11.3 Å². The summed E-state index contributed by atoms with van der Waals surface area (Å²) in [6.07, 6.45) is 9.36. The molecule has 0 radical (unpaired) electrons. The van der Waals surface area contributed by atoms with Gasteiger partial charge in [0.05, 0.1) is 12.7 Å². The summed E-state index contributed by atoms with van der Waals surface area (Å²) in [6, 6.07) is 9.39. The minimum atomic E-state index is -0.530. The van der Waals surface area contributed by atoms with Crippen LogP contribution in [0, 0.1) is 5.41 Å². The molecule has 10 heteroatoms. The first kappa shape index (κ1) is 24.9. The second kappa shape index (κ2) is 10.4. The molecule has 1 aliphatic carbocycles. The number of thiophene rings is 1. The van der Waals surface area contributed by atoms with E-state index in [0.717, 1.165) is 17.0 Å². The van der Waals surface area contributed by atoms with Crippen LogP contribution in [0.4, 0.5) is 0 Å². The van der Waals surface area contributed by atoms with Crippen LogP contribution in [-0.4, -0.2) is 50.7 Å². The van der Waals surface area contributed by atoms with Crippen molar-refractivity contribution in [3.05, 3.63) is 57.9 Å². The van der Waals surface area contributed by atoms with E-state index in [2.05, 4.69) is 38.0 Å². The van der Waals surface area contributed by atoms with Gasteiger partial charge in [0.25, 0.3) is 11.8 Å². The molecular formula is C28H32N6O3S. The van der Waals surface area contributed by atoms with Crippen molar-refractivity contribution in [1.82, 2.24) is 30.5 Å². The van der Waals surface area contributed by atoms with Crippen molar-refractivity contribution < 1.29 is 14.4 Å². The summed E-state index contributed by atoms with van der Waals surface area (Å²) < 4.78 is 1.51. The highest BCUT2D eigenvalue weighted by Crippen LogP contribution is 2.44. The van der Waals surface area contributed by atoms with Gasteiger partial charge in [0.1, 0.15) is 11.7 Å². The van der Waals surface area contributed by atoms with Crippen molar-refractivity contribution >= 4 is 29.1 Å². The quantitative estimate of drug-likeness (QED) is 0.450. The van der Waals surface area contributed by atoms with Crippen LogP contribution < -0.4 is 10.6 Å². The number of benzene rings is 1. The maximum Gasteiger partial charge on any atom is 0.251 e. The van der Waals surface area contributed by atoms with E-state index in [1.54, 1.807) is 6.20 Å². The molecule has 2 aromatic heterocycles. The number of aromatic nitrogens is 3. The highest BCUT2D eigenvalue weighted by Gasteiger charge is 2.42. The molecule has 2 saturated heterocycles. The average molecular weight is 533 g/mol. The first-order valence-electron chi connectivity index (χ1n) is 13.4. The molecule has 3 aliphatic rings. The van der Waals surface area contributed by atoms with E-state index >= 15 is 0 Å². The average Bonchev–Trinajstić information content (AvgIpc) is 3.57. The number of nitrogens with zero attached hydrogens (tertiary/aromatic N) is 4. The number of hydrogen-bond donors (Lipinski definition) is 2. The van der Waals surface area contributed by atoms with E-state index in [-0.39, 0.29) is 24.1 Å². The summed E-state index contributed by atoms with van der Waals surface area (Å²) in [5, 5.41) is 15.6. The fourth-order valence-electron chi connectivity index (χ4n) is 6.02. The number of carbonyl (C=O) groups is 3. The lowest BCUT2D eigenvalue weighted by Crippen LogP contribution is -2.56. The molecule has 1 atom stereocenters. The standard InChI is InChI=1S/C28H32N6O3S/c35-25-9-8-24(27(37)30-25)34-15-23(31-32-34)21-12-22(38-16-21)13-29-26(36)20-6-4-19(5-7-20)14-33-17-28(18-33)10-2-1-3-11-28/h4-7,12,15-16,24H,1-3,8-11,13-14,17-18H2,(H,29,36)(H,30,35,37). The maximum atomic E-state index is 12.7. The molecule has 1 aromatic carbocycles. The summed E-state index contributed by atoms with van der Waals surface area (Å²) in [4.78, 5) is 39.7. The summed E-state index contributed by atoms with van der Waals surface area (Å²) >= 11 is 1.53. The third-order valence-electron chi connectivity index (χ3n) is 8.07. The van der Waals surface area contributed by atoms with Gasteiger partial charge in [0.15, 0.2) is 0 Å². The Morgan fingerprint density at radius 3 is 2.68 bits per heavy atom. The molecule has 6 rings (SSSR count). The van der Waals surface area contributed by atoms with Crippen LogP contribution in [0.5, 0.6) is 0 Å². The van der Waals surface area contributed by atoms with Gasteiger partial charge in [0.2, 0.25) is 5.91 Å². The summed E-state index contributed by atoms with van der Waals surface area (Å²) in [7, 11) is 0. The molecule has 2 aliphatic heterocycles. The van der Waals surface area contributed by atoms with Crippen molar-refractivity contribution in [3.63, 3.8) is 0 Å². The first-order valence-corrected chi connectivity index (χ1v) is 14.3. The minimum Gasteiger partial charge on any atom is -0.347 e. The number of hydrogen-bond acceptors (Lipinski definition) is 7. The van der Waals surface area contributed by atoms with E-state index in [0.29, 0.717) is 29.6 Å². The number of imide groups is 1. The second-order valence-electron chi connectivity index (χ2n) is 10.9. The van der Waals surface area contributed by atoms with Crippen LogP contribution in [0.1, 0.15) is 71.8 Å². The molecular weight excluding hydrogens is 500 g/mol. The van der Waals surface area contributed by atoms with Gasteiger partial charge in [-0.1, -0.05) is 36.6 Å². The van der Waals surface area contributed by atoms with E-state index in [1.807, 2.05) is 23.6 Å². The third-order valence-corrected chi connectivity index (χ3v) is 9.00. The van der Waals surface area contributed by atoms with Gasteiger partial charge < -0.3 is 5.32 Å². The van der Waals surface area contributed by atoms with Crippen LogP contribution in [0.15, 0.2) is 41.9 Å². The normalized spacial score (nSPS) is 21.2. The number of piperidine rings is 1. The predicted octanol–water partition coefficient (Wildman–Crippen LogP) is 3.68. The zero-order valence-corrected chi connectivity index (χ0v) is 22.1. The Hall–Kier alpha value is -3.37. The Morgan fingerprint density at radius 2 is 1.92 bits per heavy atom. The molecule has 1 unspecified atom stereocenters. The van der Waals surface area contributed by atoms with Crippen molar-refractivity contribution in [2.75, 3.05) is 13.1 Å². The Balaban J connectivity index is 0.993. The molecule has 1 saturated carbocycles. The largest absolute Gasteiger partial charge is 0.347 e. The van der Waals surface area contributed by atoms with E-state index in [4.69, 9.17) is 0 Å². The molecule has 3 aromatic rings. The van der Waals surface area contributed by atoms with Gasteiger partial charge in [-0.05, 0) is 48.4 Å². The van der Waals surface area contributed by atoms with Crippen LogP contribution in [0.3, 0.4) is 0 Å². The number of carbonyl (C=O) groups excluding carboxylic acids is 3.